The van der Waals surface area contributed by atoms with Crippen LogP contribution in [0.2, 0.25) is 0 Å². The van der Waals surface area contributed by atoms with Gasteiger partial charge in [-0.3, -0.25) is 0 Å². The molecule has 1 fully saturated rings. The highest BCUT2D eigenvalue weighted by molar-refractivity contribution is 5.26. The fourth-order valence-electron chi connectivity index (χ4n) is 1.41. The van der Waals surface area contributed by atoms with E-state index >= 15 is 0 Å². The molecule has 5 heteroatoms. The van der Waals surface area contributed by atoms with Gasteiger partial charge in [-0.2, -0.15) is 4.39 Å². The molecule has 0 heterocycles. The van der Waals surface area contributed by atoms with E-state index in [-0.39, 0.29) is 11.9 Å². The van der Waals surface area contributed by atoms with Gasteiger partial charge in [-0.1, -0.05) is 0 Å². The second kappa shape index (κ2) is 3.73. The number of benzene rings is 1. The summed E-state index contributed by atoms with van der Waals surface area (Å²) < 4.78 is 43.4. The van der Waals surface area contributed by atoms with Crippen LogP contribution in [0.5, 0.6) is 5.75 Å². The summed E-state index contributed by atoms with van der Waals surface area (Å²) in [7, 11) is 0. The second-order valence-electron chi connectivity index (χ2n) is 3.54. The van der Waals surface area contributed by atoms with Crippen LogP contribution in [-0.2, 0) is 0 Å². The number of aliphatic hydroxyl groups is 1. The van der Waals surface area contributed by atoms with Crippen molar-refractivity contribution in [1.29, 1.82) is 0 Å². The van der Waals surface area contributed by atoms with Crippen molar-refractivity contribution in [2.75, 3.05) is 0 Å². The highest BCUT2D eigenvalue weighted by atomic mass is 19.2. The molecule has 0 amide bonds. The molecule has 1 aliphatic rings. The number of aliphatic hydroxyl groups excluding tert-OH is 1. The van der Waals surface area contributed by atoms with Crippen molar-refractivity contribution in [2.24, 2.45) is 0 Å². The SMILES string of the molecule is OC1CC(Oc2ccc(F)c(F)c2F)C1. The number of hydrogen-bond acceptors (Lipinski definition) is 2. The van der Waals surface area contributed by atoms with Crippen LogP contribution in [0.15, 0.2) is 12.1 Å². The summed E-state index contributed by atoms with van der Waals surface area (Å²) in [4.78, 5) is 0. The van der Waals surface area contributed by atoms with Crippen LogP contribution < -0.4 is 4.74 Å². The zero-order chi connectivity index (χ0) is 11.0. The van der Waals surface area contributed by atoms with E-state index in [9.17, 15) is 13.2 Å². The smallest absolute Gasteiger partial charge is 0.203 e. The summed E-state index contributed by atoms with van der Waals surface area (Å²) in [5.74, 6) is -4.41. The van der Waals surface area contributed by atoms with E-state index in [1.165, 1.54) is 0 Å². The number of hydrogen-bond donors (Lipinski definition) is 1. The Labute approximate surface area is 84.3 Å². The van der Waals surface area contributed by atoms with Crippen molar-refractivity contribution in [3.8, 4) is 5.75 Å². The van der Waals surface area contributed by atoms with Crippen molar-refractivity contribution in [1.82, 2.24) is 0 Å². The lowest BCUT2D eigenvalue weighted by molar-refractivity contribution is -0.0127. The minimum Gasteiger partial charge on any atom is -0.487 e. The molecular weight excluding hydrogens is 209 g/mol. The van der Waals surface area contributed by atoms with Crippen molar-refractivity contribution in [3.63, 3.8) is 0 Å². The third-order valence-electron chi connectivity index (χ3n) is 2.36. The molecule has 15 heavy (non-hydrogen) atoms. The fraction of sp³-hybridized carbons (Fsp3) is 0.400. The third-order valence-corrected chi connectivity index (χ3v) is 2.36. The first-order valence-electron chi connectivity index (χ1n) is 4.56. The Morgan fingerprint density at radius 2 is 1.80 bits per heavy atom. The van der Waals surface area contributed by atoms with E-state index in [4.69, 9.17) is 9.84 Å². The maximum Gasteiger partial charge on any atom is 0.203 e. The summed E-state index contributed by atoms with van der Waals surface area (Å²) in [5, 5.41) is 8.96. The molecule has 82 valence electrons. The minimum atomic E-state index is -1.53. The summed E-state index contributed by atoms with van der Waals surface area (Å²) in [5.41, 5.74) is 0. The van der Waals surface area contributed by atoms with Crippen molar-refractivity contribution in [3.05, 3.63) is 29.6 Å². The average molecular weight is 218 g/mol. The number of ether oxygens (including phenoxy) is 1. The maximum atomic E-state index is 13.1. The molecule has 1 aromatic carbocycles. The van der Waals surface area contributed by atoms with Gasteiger partial charge < -0.3 is 9.84 Å². The molecule has 0 aromatic heterocycles. The van der Waals surface area contributed by atoms with E-state index in [1.807, 2.05) is 0 Å². The van der Waals surface area contributed by atoms with Crippen LogP contribution >= 0.6 is 0 Å². The van der Waals surface area contributed by atoms with E-state index in [0.29, 0.717) is 12.8 Å². The van der Waals surface area contributed by atoms with Crippen LogP contribution in [0, 0.1) is 17.5 Å². The minimum absolute atomic E-state index is 0.314. The van der Waals surface area contributed by atoms with E-state index in [0.717, 1.165) is 12.1 Å². The topological polar surface area (TPSA) is 29.5 Å². The molecule has 1 aliphatic carbocycles. The van der Waals surface area contributed by atoms with Crippen LogP contribution in [0.1, 0.15) is 12.8 Å². The first kappa shape index (κ1) is 10.3. The zero-order valence-electron chi connectivity index (χ0n) is 7.71. The van der Waals surface area contributed by atoms with E-state index in [2.05, 4.69) is 0 Å². The Morgan fingerprint density at radius 1 is 1.13 bits per heavy atom. The molecule has 0 unspecified atom stereocenters. The second-order valence-corrected chi connectivity index (χ2v) is 3.54. The van der Waals surface area contributed by atoms with Gasteiger partial charge in [0.2, 0.25) is 5.82 Å². The molecule has 0 saturated heterocycles. The van der Waals surface area contributed by atoms with Gasteiger partial charge in [-0.15, -0.1) is 0 Å². The molecule has 1 aromatic rings. The zero-order valence-corrected chi connectivity index (χ0v) is 7.71. The first-order chi connectivity index (χ1) is 7.08. The fourth-order valence-corrected chi connectivity index (χ4v) is 1.41. The summed E-state index contributed by atoms with van der Waals surface area (Å²) in [6, 6.07) is 1.85. The Kier molecular flexibility index (Phi) is 2.56. The Morgan fingerprint density at radius 3 is 2.40 bits per heavy atom. The van der Waals surface area contributed by atoms with Crippen molar-refractivity contribution >= 4 is 0 Å². The molecule has 2 nitrogen and oxygen atoms in total. The normalized spacial score (nSPS) is 24.8. The largest absolute Gasteiger partial charge is 0.487 e. The molecule has 0 atom stereocenters. The number of halogens is 3. The highest BCUT2D eigenvalue weighted by Crippen LogP contribution is 2.29. The van der Waals surface area contributed by atoms with Gasteiger partial charge in [0.15, 0.2) is 17.4 Å². The summed E-state index contributed by atoms with van der Waals surface area (Å²) >= 11 is 0. The van der Waals surface area contributed by atoms with Gasteiger partial charge in [0, 0.05) is 12.8 Å². The quantitative estimate of drug-likeness (QED) is 0.769. The highest BCUT2D eigenvalue weighted by Gasteiger charge is 2.30. The van der Waals surface area contributed by atoms with Gasteiger partial charge in [-0.05, 0) is 12.1 Å². The van der Waals surface area contributed by atoms with Crippen molar-refractivity contribution in [2.45, 2.75) is 25.0 Å². The first-order valence-corrected chi connectivity index (χ1v) is 4.56. The monoisotopic (exact) mass is 218 g/mol. The molecule has 1 N–H and O–H groups in total. The average Bonchev–Trinajstić information content (AvgIpc) is 2.16. The summed E-state index contributed by atoms with van der Waals surface area (Å²) in [6.45, 7) is 0. The molecule has 0 radical (unpaired) electrons. The lowest BCUT2D eigenvalue weighted by Gasteiger charge is -2.31. The molecular formula is C10H9F3O2. The lowest BCUT2D eigenvalue weighted by atomic mass is 9.92. The molecule has 2 rings (SSSR count). The van der Waals surface area contributed by atoms with Gasteiger partial charge in [0.25, 0.3) is 0 Å². The standard InChI is InChI=1S/C10H9F3O2/c11-7-1-2-8(10(13)9(7)12)15-6-3-5(14)4-6/h1-2,5-6,14H,3-4H2. The third kappa shape index (κ3) is 1.92. The van der Waals surface area contributed by atoms with E-state index in [1.54, 1.807) is 0 Å². The van der Waals surface area contributed by atoms with Crippen LogP contribution in [0.25, 0.3) is 0 Å². The Balaban J connectivity index is 2.12. The van der Waals surface area contributed by atoms with Crippen molar-refractivity contribution < 1.29 is 23.0 Å². The molecule has 0 aliphatic heterocycles. The molecule has 1 saturated carbocycles. The predicted octanol–water partition coefficient (Wildman–Crippen LogP) is 2.01. The van der Waals surface area contributed by atoms with Crippen LogP contribution in [0.4, 0.5) is 13.2 Å². The van der Waals surface area contributed by atoms with Gasteiger partial charge in [0.1, 0.15) is 6.10 Å². The van der Waals surface area contributed by atoms with Crippen LogP contribution in [-0.4, -0.2) is 17.3 Å². The van der Waals surface area contributed by atoms with Gasteiger partial charge >= 0.3 is 0 Å². The van der Waals surface area contributed by atoms with Crippen LogP contribution in [0.3, 0.4) is 0 Å². The summed E-state index contributed by atoms with van der Waals surface area (Å²) in [6.07, 6.45) is 0.0133. The molecule has 0 bridgehead atoms. The number of rotatable bonds is 2. The Hall–Kier alpha value is -1.23. The van der Waals surface area contributed by atoms with Gasteiger partial charge in [-0.25, -0.2) is 8.78 Å². The molecule has 0 spiro atoms. The maximum absolute atomic E-state index is 13.1. The predicted molar refractivity (Wildman–Crippen MR) is 46.0 cm³/mol. The Bertz CT molecular complexity index is 375. The van der Waals surface area contributed by atoms with E-state index < -0.39 is 23.6 Å². The van der Waals surface area contributed by atoms with Gasteiger partial charge in [0.05, 0.1) is 6.10 Å². The lowest BCUT2D eigenvalue weighted by Crippen LogP contribution is -2.37.